The smallest absolute Gasteiger partial charge is 0.128 e. The zero-order chi connectivity index (χ0) is 13.3. The number of fused-ring (bicyclic) bond motifs is 1. The summed E-state index contributed by atoms with van der Waals surface area (Å²) >= 11 is 6.11. The van der Waals surface area contributed by atoms with Gasteiger partial charge in [0, 0.05) is 23.3 Å². The minimum Gasteiger partial charge on any atom is -0.385 e. The maximum atomic E-state index is 13.8. The van der Waals surface area contributed by atoms with Crippen LogP contribution in [0.2, 0.25) is 5.02 Å². The Morgan fingerprint density at radius 1 is 1.33 bits per heavy atom. The Balaban J connectivity index is 2.86. The molecule has 0 fully saturated rings. The van der Waals surface area contributed by atoms with E-state index >= 15 is 0 Å². The van der Waals surface area contributed by atoms with Crippen LogP contribution in [-0.4, -0.2) is 11.5 Å². The van der Waals surface area contributed by atoms with Crippen molar-refractivity contribution >= 4 is 28.2 Å². The third kappa shape index (κ3) is 2.15. The molecule has 1 aromatic heterocycles. The molecule has 1 N–H and O–H groups in total. The van der Waals surface area contributed by atoms with Crippen LogP contribution in [0.5, 0.6) is 0 Å². The molecule has 1 heterocycles. The van der Waals surface area contributed by atoms with Gasteiger partial charge in [-0.05, 0) is 38.0 Å². The first-order valence-electron chi connectivity index (χ1n) is 6.10. The number of anilines is 1. The summed E-state index contributed by atoms with van der Waals surface area (Å²) in [6.45, 7) is 6.57. The van der Waals surface area contributed by atoms with Crippen LogP contribution in [0.3, 0.4) is 0 Å². The molecule has 2 nitrogen and oxygen atoms in total. The number of hydrogen-bond donors (Lipinski definition) is 1. The molecular weight excluding hydrogens is 251 g/mol. The maximum absolute atomic E-state index is 13.8. The normalized spacial score (nSPS) is 10.9. The van der Waals surface area contributed by atoms with Crippen molar-refractivity contribution in [1.82, 2.24) is 4.98 Å². The molecule has 0 saturated carbocycles. The van der Waals surface area contributed by atoms with Crippen molar-refractivity contribution in [2.24, 2.45) is 0 Å². The number of aryl methyl sites for hydroxylation is 2. The van der Waals surface area contributed by atoms with E-state index in [0.29, 0.717) is 16.1 Å². The van der Waals surface area contributed by atoms with Gasteiger partial charge in [0.15, 0.2) is 0 Å². The number of aromatic nitrogens is 1. The van der Waals surface area contributed by atoms with E-state index in [2.05, 4.69) is 10.3 Å². The summed E-state index contributed by atoms with van der Waals surface area (Å²) in [6, 6.07) is 3.30. The first-order chi connectivity index (χ1) is 8.58. The second-order valence-corrected chi connectivity index (χ2v) is 4.64. The average molecular weight is 267 g/mol. The van der Waals surface area contributed by atoms with Gasteiger partial charge in [-0.3, -0.25) is 4.98 Å². The lowest BCUT2D eigenvalue weighted by atomic mass is 10.1. The van der Waals surface area contributed by atoms with Crippen LogP contribution in [0, 0.1) is 12.7 Å². The Kier molecular flexibility index (Phi) is 3.71. The molecule has 0 bridgehead atoms. The zero-order valence-corrected chi connectivity index (χ0v) is 11.5. The number of halogens is 2. The van der Waals surface area contributed by atoms with Gasteiger partial charge in [-0.1, -0.05) is 18.5 Å². The minimum atomic E-state index is -0.294. The van der Waals surface area contributed by atoms with Crippen molar-refractivity contribution in [2.75, 3.05) is 11.9 Å². The largest absolute Gasteiger partial charge is 0.385 e. The quantitative estimate of drug-likeness (QED) is 0.894. The number of hydrogen-bond acceptors (Lipinski definition) is 2. The molecule has 0 amide bonds. The number of nitrogens with one attached hydrogen (secondary N) is 1. The first-order valence-corrected chi connectivity index (χ1v) is 6.48. The summed E-state index contributed by atoms with van der Waals surface area (Å²) in [4.78, 5) is 4.50. The highest BCUT2D eigenvalue weighted by Gasteiger charge is 2.14. The summed E-state index contributed by atoms with van der Waals surface area (Å²) in [7, 11) is 0. The fraction of sp³-hybridized carbons (Fsp3) is 0.357. The van der Waals surface area contributed by atoms with E-state index in [4.69, 9.17) is 11.6 Å². The van der Waals surface area contributed by atoms with Gasteiger partial charge in [0.25, 0.3) is 0 Å². The lowest BCUT2D eigenvalue weighted by Crippen LogP contribution is -2.02. The minimum absolute atomic E-state index is 0.294. The van der Waals surface area contributed by atoms with E-state index in [0.717, 1.165) is 29.7 Å². The van der Waals surface area contributed by atoms with Gasteiger partial charge in [0.1, 0.15) is 5.82 Å². The average Bonchev–Trinajstić information content (AvgIpc) is 2.35. The second kappa shape index (κ2) is 5.11. The van der Waals surface area contributed by atoms with Gasteiger partial charge in [0.05, 0.1) is 10.5 Å². The molecule has 2 rings (SSSR count). The van der Waals surface area contributed by atoms with E-state index in [1.54, 1.807) is 6.92 Å². The lowest BCUT2D eigenvalue weighted by molar-refractivity contribution is 0.621. The Labute approximate surface area is 111 Å². The fourth-order valence-electron chi connectivity index (χ4n) is 2.07. The summed E-state index contributed by atoms with van der Waals surface area (Å²) in [5.41, 5.74) is 3.11. The van der Waals surface area contributed by atoms with Crippen LogP contribution in [0.1, 0.15) is 25.1 Å². The van der Waals surface area contributed by atoms with Gasteiger partial charge >= 0.3 is 0 Å². The summed E-state index contributed by atoms with van der Waals surface area (Å²) in [6.07, 6.45) is 0.821. The van der Waals surface area contributed by atoms with Gasteiger partial charge in [-0.25, -0.2) is 4.39 Å². The Hall–Kier alpha value is -1.35. The number of benzene rings is 1. The molecule has 4 heteroatoms. The Morgan fingerprint density at radius 3 is 2.67 bits per heavy atom. The highest BCUT2D eigenvalue weighted by molar-refractivity contribution is 6.35. The summed E-state index contributed by atoms with van der Waals surface area (Å²) in [5.74, 6) is -0.294. The molecular formula is C14H16ClFN2. The highest BCUT2D eigenvalue weighted by atomic mass is 35.5. The van der Waals surface area contributed by atoms with Crippen LogP contribution in [0.4, 0.5) is 10.1 Å². The van der Waals surface area contributed by atoms with Crippen LogP contribution >= 0.6 is 11.6 Å². The fourth-order valence-corrected chi connectivity index (χ4v) is 2.30. The third-order valence-corrected chi connectivity index (χ3v) is 3.30. The third-order valence-electron chi connectivity index (χ3n) is 3.01. The zero-order valence-electron chi connectivity index (χ0n) is 10.8. The molecule has 0 aliphatic rings. The van der Waals surface area contributed by atoms with Crippen molar-refractivity contribution in [3.05, 3.63) is 34.2 Å². The van der Waals surface area contributed by atoms with Crippen molar-refractivity contribution < 1.29 is 4.39 Å². The van der Waals surface area contributed by atoms with Crippen molar-refractivity contribution in [3.63, 3.8) is 0 Å². The molecule has 0 atom stereocenters. The van der Waals surface area contributed by atoms with E-state index in [-0.39, 0.29) is 5.82 Å². The lowest BCUT2D eigenvalue weighted by Gasteiger charge is -2.13. The first kappa shape index (κ1) is 13.1. The number of rotatable bonds is 3. The molecule has 18 heavy (non-hydrogen) atoms. The molecule has 0 spiro atoms. The monoisotopic (exact) mass is 266 g/mol. The Morgan fingerprint density at radius 2 is 2.06 bits per heavy atom. The van der Waals surface area contributed by atoms with Crippen LogP contribution in [-0.2, 0) is 6.42 Å². The van der Waals surface area contributed by atoms with Gasteiger partial charge < -0.3 is 5.32 Å². The van der Waals surface area contributed by atoms with Gasteiger partial charge in [-0.15, -0.1) is 0 Å². The second-order valence-electron chi connectivity index (χ2n) is 4.23. The predicted molar refractivity (Wildman–Crippen MR) is 75.0 cm³/mol. The topological polar surface area (TPSA) is 24.9 Å². The summed E-state index contributed by atoms with van der Waals surface area (Å²) in [5, 5.41) is 4.40. The van der Waals surface area contributed by atoms with Gasteiger partial charge in [-0.2, -0.15) is 0 Å². The molecule has 0 aliphatic carbocycles. The van der Waals surface area contributed by atoms with Crippen LogP contribution < -0.4 is 5.32 Å². The molecule has 0 aliphatic heterocycles. The SMILES string of the molecule is CCNc1cc(CC)nc2c(Cl)cc(F)c(C)c12. The number of nitrogens with zero attached hydrogens (tertiary/aromatic N) is 1. The van der Waals surface area contributed by atoms with Crippen molar-refractivity contribution in [1.29, 1.82) is 0 Å². The van der Waals surface area contributed by atoms with Crippen LogP contribution in [0.15, 0.2) is 12.1 Å². The predicted octanol–water partition coefficient (Wildman–Crippen LogP) is 4.33. The van der Waals surface area contributed by atoms with Crippen molar-refractivity contribution in [3.8, 4) is 0 Å². The molecule has 2 aromatic rings. The van der Waals surface area contributed by atoms with E-state index < -0.39 is 0 Å². The number of pyridine rings is 1. The van der Waals surface area contributed by atoms with E-state index in [9.17, 15) is 4.39 Å². The molecule has 0 unspecified atom stereocenters. The standard InChI is InChI=1S/C14H16ClFN2/c1-4-9-6-12(17-5-2)13-8(3)11(16)7-10(15)14(13)18-9/h6-7H,4-5H2,1-3H3,(H,17,18). The molecule has 0 saturated heterocycles. The maximum Gasteiger partial charge on any atom is 0.128 e. The van der Waals surface area contributed by atoms with Crippen molar-refractivity contribution in [2.45, 2.75) is 27.2 Å². The molecule has 0 radical (unpaired) electrons. The Bertz CT molecular complexity index is 596. The van der Waals surface area contributed by atoms with E-state index in [1.807, 2.05) is 19.9 Å². The van der Waals surface area contributed by atoms with Crippen LogP contribution in [0.25, 0.3) is 10.9 Å². The molecule has 1 aromatic carbocycles. The van der Waals surface area contributed by atoms with E-state index in [1.165, 1.54) is 6.07 Å². The summed E-state index contributed by atoms with van der Waals surface area (Å²) < 4.78 is 13.8. The highest BCUT2D eigenvalue weighted by Crippen LogP contribution is 2.33. The van der Waals surface area contributed by atoms with Gasteiger partial charge in [0.2, 0.25) is 0 Å². The molecule has 96 valence electrons.